The van der Waals surface area contributed by atoms with E-state index < -0.39 is 0 Å². The Bertz CT molecular complexity index is 509. The molecule has 0 aliphatic heterocycles. The van der Waals surface area contributed by atoms with Crippen LogP contribution in [-0.4, -0.2) is 10.2 Å². The molecule has 0 fully saturated rings. The zero-order chi connectivity index (χ0) is 13.1. The van der Waals surface area contributed by atoms with Gasteiger partial charge in [0.2, 0.25) is 0 Å². The van der Waals surface area contributed by atoms with Gasteiger partial charge in [0.05, 0.1) is 5.69 Å². The Labute approximate surface area is 108 Å². The number of rotatable bonds is 4. The van der Waals surface area contributed by atoms with E-state index in [0.29, 0.717) is 12.5 Å². The van der Waals surface area contributed by atoms with Crippen LogP contribution in [-0.2, 0) is 13.0 Å². The van der Waals surface area contributed by atoms with Gasteiger partial charge < -0.3 is 5.73 Å². The third-order valence-electron chi connectivity index (χ3n) is 3.10. The molecule has 0 amide bonds. The molecule has 1 heterocycles. The number of aromatic amines is 1. The van der Waals surface area contributed by atoms with Crippen LogP contribution in [0.5, 0.6) is 0 Å². The van der Waals surface area contributed by atoms with Gasteiger partial charge in [0.15, 0.2) is 0 Å². The molecule has 0 aliphatic carbocycles. The molecule has 0 spiro atoms. The van der Waals surface area contributed by atoms with E-state index in [4.69, 9.17) is 5.73 Å². The molecule has 0 bridgehead atoms. The maximum Gasteiger partial charge on any atom is 0.0838 e. The molecule has 3 nitrogen and oxygen atoms in total. The van der Waals surface area contributed by atoms with E-state index in [0.717, 1.165) is 23.4 Å². The van der Waals surface area contributed by atoms with Gasteiger partial charge in [0.25, 0.3) is 0 Å². The third-order valence-corrected chi connectivity index (χ3v) is 3.10. The Morgan fingerprint density at radius 1 is 1.22 bits per heavy atom. The molecule has 2 aromatic rings. The van der Waals surface area contributed by atoms with Crippen LogP contribution in [0.25, 0.3) is 11.1 Å². The van der Waals surface area contributed by atoms with E-state index in [1.165, 1.54) is 11.1 Å². The van der Waals surface area contributed by atoms with Crippen LogP contribution >= 0.6 is 0 Å². The second-order valence-corrected chi connectivity index (χ2v) is 5.17. The van der Waals surface area contributed by atoms with Gasteiger partial charge in [0.1, 0.15) is 0 Å². The number of aromatic nitrogens is 2. The van der Waals surface area contributed by atoms with E-state index in [2.05, 4.69) is 48.3 Å². The number of hydrogen-bond donors (Lipinski definition) is 2. The Kier molecular flexibility index (Phi) is 3.82. The summed E-state index contributed by atoms with van der Waals surface area (Å²) in [5.74, 6) is 0.686. The molecule has 18 heavy (non-hydrogen) atoms. The zero-order valence-electron chi connectivity index (χ0n) is 11.3. The first-order valence-electron chi connectivity index (χ1n) is 6.45. The van der Waals surface area contributed by atoms with Crippen molar-refractivity contribution in [1.29, 1.82) is 0 Å². The van der Waals surface area contributed by atoms with Gasteiger partial charge in [-0.2, -0.15) is 5.10 Å². The van der Waals surface area contributed by atoms with Crippen molar-refractivity contribution in [1.82, 2.24) is 10.2 Å². The summed E-state index contributed by atoms with van der Waals surface area (Å²) in [6, 6.07) is 8.72. The predicted octanol–water partition coefficient (Wildman–Crippen LogP) is 3.04. The largest absolute Gasteiger partial charge is 0.325 e. The molecule has 96 valence electrons. The lowest BCUT2D eigenvalue weighted by molar-refractivity contribution is 0.647. The lowest BCUT2D eigenvalue weighted by atomic mass is 9.98. The molecule has 3 N–H and O–H groups in total. The Morgan fingerprint density at radius 3 is 2.44 bits per heavy atom. The topological polar surface area (TPSA) is 54.7 Å². The lowest BCUT2D eigenvalue weighted by Gasteiger charge is -2.07. The summed E-state index contributed by atoms with van der Waals surface area (Å²) >= 11 is 0. The number of benzene rings is 1. The summed E-state index contributed by atoms with van der Waals surface area (Å²) in [7, 11) is 0. The summed E-state index contributed by atoms with van der Waals surface area (Å²) in [5.41, 5.74) is 11.4. The van der Waals surface area contributed by atoms with Crippen molar-refractivity contribution in [2.24, 2.45) is 11.7 Å². The number of nitrogens with one attached hydrogen (secondary N) is 1. The van der Waals surface area contributed by atoms with Crippen LogP contribution in [0.4, 0.5) is 0 Å². The second kappa shape index (κ2) is 5.36. The lowest BCUT2D eigenvalue weighted by Crippen LogP contribution is -1.99. The molecular weight excluding hydrogens is 222 g/mol. The zero-order valence-corrected chi connectivity index (χ0v) is 11.3. The Balaban J connectivity index is 2.31. The molecule has 0 saturated carbocycles. The first-order valence-corrected chi connectivity index (χ1v) is 6.45. The monoisotopic (exact) mass is 243 g/mol. The van der Waals surface area contributed by atoms with Gasteiger partial charge in [-0.25, -0.2) is 0 Å². The highest BCUT2D eigenvalue weighted by atomic mass is 15.1. The van der Waals surface area contributed by atoms with Crippen molar-refractivity contribution in [2.75, 3.05) is 0 Å². The van der Waals surface area contributed by atoms with Crippen molar-refractivity contribution in [3.8, 4) is 11.1 Å². The third kappa shape index (κ3) is 2.62. The maximum atomic E-state index is 5.71. The van der Waals surface area contributed by atoms with Gasteiger partial charge >= 0.3 is 0 Å². The van der Waals surface area contributed by atoms with Crippen LogP contribution in [0.2, 0.25) is 0 Å². The molecule has 1 aromatic carbocycles. The minimum Gasteiger partial charge on any atom is -0.325 e. The number of hydrogen-bond acceptors (Lipinski definition) is 2. The van der Waals surface area contributed by atoms with Crippen molar-refractivity contribution in [3.05, 3.63) is 41.2 Å². The first kappa shape index (κ1) is 12.8. The standard InChI is InChI=1S/C15H21N3/c1-10(2)8-12-4-6-13(7-5-12)15-11(3)17-18-14(15)9-16/h4-7,10H,8-9,16H2,1-3H3,(H,17,18). The number of aryl methyl sites for hydroxylation is 1. The minimum atomic E-state index is 0.466. The second-order valence-electron chi connectivity index (χ2n) is 5.17. The molecule has 2 rings (SSSR count). The van der Waals surface area contributed by atoms with Crippen LogP contribution in [0.15, 0.2) is 24.3 Å². The van der Waals surface area contributed by atoms with Crippen molar-refractivity contribution in [3.63, 3.8) is 0 Å². The molecule has 0 atom stereocenters. The predicted molar refractivity (Wildman–Crippen MR) is 75.2 cm³/mol. The summed E-state index contributed by atoms with van der Waals surface area (Å²) in [5, 5.41) is 7.23. The Hall–Kier alpha value is -1.61. The minimum absolute atomic E-state index is 0.466. The fourth-order valence-corrected chi connectivity index (χ4v) is 2.29. The fourth-order valence-electron chi connectivity index (χ4n) is 2.29. The van der Waals surface area contributed by atoms with E-state index >= 15 is 0 Å². The smallest absolute Gasteiger partial charge is 0.0838 e. The SMILES string of the molecule is Cc1[nH]nc(CN)c1-c1ccc(CC(C)C)cc1. The first-order chi connectivity index (χ1) is 8.61. The van der Waals surface area contributed by atoms with E-state index in [-0.39, 0.29) is 0 Å². The van der Waals surface area contributed by atoms with Crippen LogP contribution < -0.4 is 5.73 Å². The number of nitrogens with zero attached hydrogens (tertiary/aromatic N) is 1. The van der Waals surface area contributed by atoms with E-state index in [1.807, 2.05) is 6.92 Å². The average Bonchev–Trinajstić information content (AvgIpc) is 2.71. The van der Waals surface area contributed by atoms with Gasteiger partial charge in [-0.05, 0) is 30.4 Å². The summed E-state index contributed by atoms with van der Waals surface area (Å²) < 4.78 is 0. The molecule has 0 unspecified atom stereocenters. The van der Waals surface area contributed by atoms with Gasteiger partial charge in [0, 0.05) is 17.8 Å². The van der Waals surface area contributed by atoms with Crippen molar-refractivity contribution < 1.29 is 0 Å². The summed E-state index contributed by atoms with van der Waals surface area (Å²) in [6.07, 6.45) is 1.12. The maximum absolute atomic E-state index is 5.71. The highest BCUT2D eigenvalue weighted by Crippen LogP contribution is 2.26. The van der Waals surface area contributed by atoms with Crippen LogP contribution in [0, 0.1) is 12.8 Å². The van der Waals surface area contributed by atoms with E-state index in [1.54, 1.807) is 0 Å². The Morgan fingerprint density at radius 2 is 1.89 bits per heavy atom. The average molecular weight is 243 g/mol. The molecule has 3 heteroatoms. The van der Waals surface area contributed by atoms with Gasteiger partial charge in [-0.1, -0.05) is 38.1 Å². The fraction of sp³-hybridized carbons (Fsp3) is 0.400. The van der Waals surface area contributed by atoms with E-state index in [9.17, 15) is 0 Å². The molecule has 0 radical (unpaired) electrons. The van der Waals surface area contributed by atoms with Crippen LogP contribution in [0.1, 0.15) is 30.8 Å². The molecule has 0 saturated heterocycles. The number of nitrogens with two attached hydrogens (primary N) is 1. The van der Waals surface area contributed by atoms with Crippen LogP contribution in [0.3, 0.4) is 0 Å². The highest BCUT2D eigenvalue weighted by molar-refractivity contribution is 5.68. The van der Waals surface area contributed by atoms with Crippen molar-refractivity contribution >= 4 is 0 Å². The molecule has 1 aromatic heterocycles. The summed E-state index contributed by atoms with van der Waals surface area (Å²) in [6.45, 7) is 6.97. The normalized spacial score (nSPS) is 11.2. The van der Waals surface area contributed by atoms with Gasteiger partial charge in [-0.15, -0.1) is 0 Å². The summed E-state index contributed by atoms with van der Waals surface area (Å²) in [4.78, 5) is 0. The van der Waals surface area contributed by atoms with Gasteiger partial charge in [-0.3, -0.25) is 5.10 Å². The highest BCUT2D eigenvalue weighted by Gasteiger charge is 2.10. The number of H-pyrrole nitrogens is 1. The quantitative estimate of drug-likeness (QED) is 0.867. The van der Waals surface area contributed by atoms with Crippen molar-refractivity contribution in [2.45, 2.75) is 33.7 Å². The molecular formula is C15H21N3. The molecule has 0 aliphatic rings.